The van der Waals surface area contributed by atoms with E-state index in [-0.39, 0.29) is 12.0 Å². The molecule has 0 radical (unpaired) electrons. The maximum atomic E-state index is 6.20. The number of rotatable bonds is 4. The van der Waals surface area contributed by atoms with E-state index < -0.39 is 0 Å². The van der Waals surface area contributed by atoms with Gasteiger partial charge in [0.05, 0.1) is 26.2 Å². The molecule has 23 heavy (non-hydrogen) atoms. The Morgan fingerprint density at radius 1 is 1.04 bits per heavy atom. The lowest BCUT2D eigenvalue weighted by Gasteiger charge is -2.28. The lowest BCUT2D eigenvalue weighted by atomic mass is 9.89. The zero-order chi connectivity index (χ0) is 15.8. The van der Waals surface area contributed by atoms with Gasteiger partial charge < -0.3 is 18.9 Å². The summed E-state index contributed by atoms with van der Waals surface area (Å²) in [5.74, 6) is 3.64. The summed E-state index contributed by atoms with van der Waals surface area (Å²) in [4.78, 5) is 0. The largest absolute Gasteiger partial charge is 0.497 e. The fourth-order valence-corrected chi connectivity index (χ4v) is 3.25. The third-order valence-electron chi connectivity index (χ3n) is 4.42. The van der Waals surface area contributed by atoms with Crippen LogP contribution < -0.4 is 18.9 Å². The maximum absolute atomic E-state index is 6.20. The maximum Gasteiger partial charge on any atom is 0.138 e. The minimum absolute atomic E-state index is 0.00100. The Balaban J connectivity index is 1.64. The van der Waals surface area contributed by atoms with E-state index in [4.69, 9.17) is 18.9 Å². The van der Waals surface area contributed by atoms with Gasteiger partial charge in [-0.3, -0.25) is 0 Å². The molecule has 0 bridgehead atoms. The van der Waals surface area contributed by atoms with Gasteiger partial charge in [0, 0.05) is 23.3 Å². The van der Waals surface area contributed by atoms with E-state index in [1.807, 2.05) is 24.3 Å². The quantitative estimate of drug-likeness (QED) is 0.852. The van der Waals surface area contributed by atoms with Crippen molar-refractivity contribution in [1.29, 1.82) is 0 Å². The highest BCUT2D eigenvalue weighted by Crippen LogP contribution is 2.52. The van der Waals surface area contributed by atoms with Crippen molar-refractivity contribution in [3.8, 4) is 23.0 Å². The second-order valence-electron chi connectivity index (χ2n) is 5.91. The fraction of sp³-hybridized carbons (Fsp3) is 0.368. The van der Waals surface area contributed by atoms with Crippen LogP contribution in [0.2, 0.25) is 0 Å². The summed E-state index contributed by atoms with van der Waals surface area (Å²) in [5.41, 5.74) is 2.27. The van der Waals surface area contributed by atoms with Crippen LogP contribution in [0.15, 0.2) is 36.4 Å². The van der Waals surface area contributed by atoms with E-state index in [2.05, 4.69) is 19.1 Å². The molecule has 0 N–H and O–H groups in total. The standard InChI is InChI=1S/C19H20O4/c1-3-8-21-13-5-7-15-17(10-13)22-11-16-14-6-4-12(20-2)9-18(14)23-19(15)16/h4-7,9-10,16,19H,3,8,11H2,1-2H3/t16-,19-/m1/s1. The van der Waals surface area contributed by atoms with Crippen molar-refractivity contribution in [2.75, 3.05) is 20.3 Å². The molecule has 120 valence electrons. The normalized spacial score (nSPS) is 20.6. The molecule has 4 rings (SSSR count). The Labute approximate surface area is 135 Å². The first-order valence-electron chi connectivity index (χ1n) is 8.04. The van der Waals surface area contributed by atoms with Crippen LogP contribution >= 0.6 is 0 Å². The second kappa shape index (κ2) is 5.69. The molecule has 0 amide bonds. The van der Waals surface area contributed by atoms with E-state index in [1.54, 1.807) is 7.11 Å². The third kappa shape index (κ3) is 2.38. The Kier molecular flexibility index (Phi) is 3.52. The predicted molar refractivity (Wildman–Crippen MR) is 86.8 cm³/mol. The molecule has 0 unspecified atom stereocenters. The van der Waals surface area contributed by atoms with Crippen molar-refractivity contribution < 1.29 is 18.9 Å². The summed E-state index contributed by atoms with van der Waals surface area (Å²) in [6.07, 6.45) is 0.990. The minimum atomic E-state index is 0.00100. The SMILES string of the molecule is CCCOc1ccc2c(c1)OC[C@@H]1c3ccc(OC)cc3O[C@H]21. The summed E-state index contributed by atoms with van der Waals surface area (Å²) >= 11 is 0. The van der Waals surface area contributed by atoms with Crippen LogP contribution in [0.3, 0.4) is 0 Å². The van der Waals surface area contributed by atoms with E-state index in [1.165, 1.54) is 5.56 Å². The van der Waals surface area contributed by atoms with Crippen LogP contribution in [0.5, 0.6) is 23.0 Å². The van der Waals surface area contributed by atoms with E-state index in [9.17, 15) is 0 Å². The van der Waals surface area contributed by atoms with Crippen molar-refractivity contribution in [1.82, 2.24) is 0 Å². The topological polar surface area (TPSA) is 36.9 Å². The number of fused-ring (bicyclic) bond motifs is 5. The molecule has 2 aromatic rings. The van der Waals surface area contributed by atoms with Gasteiger partial charge >= 0.3 is 0 Å². The van der Waals surface area contributed by atoms with Crippen molar-refractivity contribution in [2.24, 2.45) is 0 Å². The average Bonchev–Trinajstić information content (AvgIpc) is 2.97. The number of hydrogen-bond acceptors (Lipinski definition) is 4. The second-order valence-corrected chi connectivity index (χ2v) is 5.91. The highest BCUT2D eigenvalue weighted by atomic mass is 16.5. The van der Waals surface area contributed by atoms with Crippen LogP contribution in [-0.2, 0) is 0 Å². The first-order chi connectivity index (χ1) is 11.3. The molecule has 2 heterocycles. The van der Waals surface area contributed by atoms with Crippen molar-refractivity contribution >= 4 is 0 Å². The minimum Gasteiger partial charge on any atom is -0.497 e. The first kappa shape index (κ1) is 14.2. The molecule has 2 aliphatic rings. The van der Waals surface area contributed by atoms with E-state index in [0.29, 0.717) is 13.2 Å². The van der Waals surface area contributed by atoms with Crippen LogP contribution in [-0.4, -0.2) is 20.3 Å². The van der Waals surface area contributed by atoms with Gasteiger partial charge in [0.15, 0.2) is 0 Å². The summed E-state index contributed by atoms with van der Waals surface area (Å²) < 4.78 is 23.2. The molecule has 2 aliphatic heterocycles. The molecule has 0 fully saturated rings. The van der Waals surface area contributed by atoms with Gasteiger partial charge in [-0.2, -0.15) is 0 Å². The van der Waals surface area contributed by atoms with Crippen LogP contribution in [0.25, 0.3) is 0 Å². The van der Waals surface area contributed by atoms with Gasteiger partial charge in [-0.15, -0.1) is 0 Å². The summed E-state index contributed by atoms with van der Waals surface area (Å²) in [6.45, 7) is 3.43. The van der Waals surface area contributed by atoms with Crippen LogP contribution in [0.1, 0.15) is 36.5 Å². The first-order valence-corrected chi connectivity index (χ1v) is 8.04. The van der Waals surface area contributed by atoms with Gasteiger partial charge in [-0.1, -0.05) is 13.0 Å². The zero-order valence-electron chi connectivity index (χ0n) is 13.4. The molecule has 0 aliphatic carbocycles. The molecular formula is C19H20O4. The average molecular weight is 312 g/mol. The van der Waals surface area contributed by atoms with Crippen molar-refractivity contribution in [3.05, 3.63) is 47.5 Å². The van der Waals surface area contributed by atoms with Crippen LogP contribution in [0.4, 0.5) is 0 Å². The summed E-state index contributed by atoms with van der Waals surface area (Å²) in [7, 11) is 1.67. The fourth-order valence-electron chi connectivity index (χ4n) is 3.25. The van der Waals surface area contributed by atoms with E-state index >= 15 is 0 Å². The Bertz CT molecular complexity index is 725. The van der Waals surface area contributed by atoms with Gasteiger partial charge in [0.1, 0.15) is 29.1 Å². The Morgan fingerprint density at radius 2 is 1.83 bits per heavy atom. The van der Waals surface area contributed by atoms with Crippen LogP contribution in [0, 0.1) is 0 Å². The van der Waals surface area contributed by atoms with E-state index in [0.717, 1.165) is 35.0 Å². The lowest BCUT2D eigenvalue weighted by Crippen LogP contribution is -2.23. The zero-order valence-corrected chi connectivity index (χ0v) is 13.4. The van der Waals surface area contributed by atoms with Gasteiger partial charge in [-0.05, 0) is 24.6 Å². The van der Waals surface area contributed by atoms with Crippen molar-refractivity contribution in [2.45, 2.75) is 25.4 Å². The molecule has 0 saturated carbocycles. The smallest absolute Gasteiger partial charge is 0.138 e. The van der Waals surface area contributed by atoms with Gasteiger partial charge in [-0.25, -0.2) is 0 Å². The third-order valence-corrected chi connectivity index (χ3v) is 4.42. The molecule has 2 aromatic carbocycles. The predicted octanol–water partition coefficient (Wildman–Crippen LogP) is 4.09. The number of hydrogen-bond donors (Lipinski definition) is 0. The monoisotopic (exact) mass is 312 g/mol. The highest BCUT2D eigenvalue weighted by Gasteiger charge is 2.40. The van der Waals surface area contributed by atoms with Gasteiger partial charge in [0.25, 0.3) is 0 Å². The Hall–Kier alpha value is -2.36. The van der Waals surface area contributed by atoms with Crippen molar-refractivity contribution in [3.63, 3.8) is 0 Å². The number of ether oxygens (including phenoxy) is 4. The summed E-state index contributed by atoms with van der Waals surface area (Å²) in [5, 5.41) is 0. The molecule has 0 aromatic heterocycles. The molecular weight excluding hydrogens is 292 g/mol. The molecule has 0 saturated heterocycles. The Morgan fingerprint density at radius 3 is 2.65 bits per heavy atom. The molecule has 0 spiro atoms. The highest BCUT2D eigenvalue weighted by molar-refractivity contribution is 5.52. The summed E-state index contributed by atoms with van der Waals surface area (Å²) in [6, 6.07) is 12.0. The molecule has 2 atom stereocenters. The molecule has 4 nitrogen and oxygen atoms in total. The number of methoxy groups -OCH3 is 1. The molecule has 4 heteroatoms. The van der Waals surface area contributed by atoms with Gasteiger partial charge in [0.2, 0.25) is 0 Å². The lowest BCUT2D eigenvalue weighted by molar-refractivity contribution is 0.139. The number of benzene rings is 2.